The van der Waals surface area contributed by atoms with Gasteiger partial charge in [-0.2, -0.15) is 0 Å². The summed E-state index contributed by atoms with van der Waals surface area (Å²) in [6, 6.07) is 0. The Hall–Kier alpha value is -0.770. The average Bonchev–Trinajstić information content (AvgIpc) is 2.60. The third kappa shape index (κ3) is 2.22. The summed E-state index contributed by atoms with van der Waals surface area (Å²) in [5.74, 6) is 0.635. The van der Waals surface area contributed by atoms with Gasteiger partial charge >= 0.3 is 0 Å². The van der Waals surface area contributed by atoms with Gasteiger partial charge in [-0.05, 0) is 30.6 Å². The van der Waals surface area contributed by atoms with E-state index in [2.05, 4.69) is 26.1 Å². The van der Waals surface area contributed by atoms with Crippen LogP contribution in [0.2, 0.25) is 0 Å². The highest BCUT2D eigenvalue weighted by atomic mass is 32.2. The summed E-state index contributed by atoms with van der Waals surface area (Å²) in [5, 5.41) is 2.56. The number of carbonyl (C=O) groups is 2. The normalized spacial score (nSPS) is 28.4. The van der Waals surface area contributed by atoms with Crippen molar-refractivity contribution in [2.24, 2.45) is 5.92 Å². The van der Waals surface area contributed by atoms with Gasteiger partial charge in [0.25, 0.3) is 0 Å². The zero-order valence-corrected chi connectivity index (χ0v) is 13.6. The van der Waals surface area contributed by atoms with Gasteiger partial charge < -0.3 is 0 Å². The van der Waals surface area contributed by atoms with Crippen LogP contribution in [-0.2, 0) is 9.59 Å². The fourth-order valence-electron chi connectivity index (χ4n) is 3.55. The summed E-state index contributed by atoms with van der Waals surface area (Å²) in [6.07, 6.45) is 6.57. The number of thioether (sulfide) groups is 1. The van der Waals surface area contributed by atoms with Crippen molar-refractivity contribution in [3.63, 3.8) is 0 Å². The van der Waals surface area contributed by atoms with E-state index < -0.39 is 4.75 Å². The Balaban J connectivity index is 2.11. The molecular formula is C16H25NO2S. The second kappa shape index (κ2) is 6.33. The first-order valence-corrected chi connectivity index (χ1v) is 8.83. The van der Waals surface area contributed by atoms with E-state index in [0.717, 1.165) is 25.0 Å². The monoisotopic (exact) mass is 295 g/mol. The standard InChI is InChI=1S/C16H25NO2S/c1-4-7-8-9-10-20-16-12(6-3)11(5-2)13(16)14(18)17-15(16)19/h13H,4-10H2,1-3H3,(H,17,18,19)/t13-,16+/m1/s1. The first-order valence-electron chi connectivity index (χ1n) is 7.85. The highest BCUT2D eigenvalue weighted by molar-refractivity contribution is 8.01. The molecule has 1 N–H and O–H groups in total. The molecule has 0 aromatic heterocycles. The number of hydrogen-bond acceptors (Lipinski definition) is 3. The molecule has 0 aromatic carbocycles. The van der Waals surface area contributed by atoms with Crippen LogP contribution >= 0.6 is 11.8 Å². The Labute approximate surface area is 126 Å². The SMILES string of the molecule is CCCCCCS[C@]12C(=O)NC(=O)[C@H]1C(CC)=C2CC. The second-order valence-corrected chi connectivity index (χ2v) is 6.95. The van der Waals surface area contributed by atoms with Gasteiger partial charge in [-0.25, -0.2) is 0 Å². The van der Waals surface area contributed by atoms with Crippen molar-refractivity contribution >= 4 is 23.6 Å². The maximum absolute atomic E-state index is 12.3. The Bertz CT molecular complexity index is 444. The van der Waals surface area contributed by atoms with Gasteiger partial charge in [0.05, 0.1) is 5.92 Å². The minimum atomic E-state index is -0.552. The molecule has 0 spiro atoms. The number of nitrogens with one attached hydrogen (secondary N) is 1. The largest absolute Gasteiger partial charge is 0.294 e. The molecule has 2 atom stereocenters. The van der Waals surface area contributed by atoms with Crippen molar-refractivity contribution in [2.45, 2.75) is 64.0 Å². The predicted molar refractivity (Wildman–Crippen MR) is 83.6 cm³/mol. The third-order valence-electron chi connectivity index (χ3n) is 4.49. The summed E-state index contributed by atoms with van der Waals surface area (Å²) in [5.41, 5.74) is 2.42. The number of amides is 2. The molecule has 3 nitrogen and oxygen atoms in total. The van der Waals surface area contributed by atoms with E-state index >= 15 is 0 Å². The van der Waals surface area contributed by atoms with E-state index in [-0.39, 0.29) is 17.7 Å². The lowest BCUT2D eigenvalue weighted by atomic mass is 9.66. The highest BCUT2D eigenvalue weighted by Gasteiger charge is 2.65. The fourth-order valence-corrected chi connectivity index (χ4v) is 5.27. The summed E-state index contributed by atoms with van der Waals surface area (Å²) < 4.78 is -0.552. The van der Waals surface area contributed by atoms with Crippen LogP contribution in [0, 0.1) is 5.92 Å². The van der Waals surface area contributed by atoms with Gasteiger partial charge in [0.2, 0.25) is 11.8 Å². The van der Waals surface area contributed by atoms with Gasteiger partial charge in [0.15, 0.2) is 0 Å². The molecule has 1 saturated heterocycles. The molecule has 1 heterocycles. The Morgan fingerprint density at radius 1 is 1.10 bits per heavy atom. The minimum Gasteiger partial charge on any atom is -0.294 e. The Morgan fingerprint density at radius 2 is 1.85 bits per heavy atom. The van der Waals surface area contributed by atoms with Crippen molar-refractivity contribution in [3.8, 4) is 0 Å². The van der Waals surface area contributed by atoms with Gasteiger partial charge in [-0.3, -0.25) is 14.9 Å². The molecular weight excluding hydrogens is 270 g/mol. The number of hydrogen-bond donors (Lipinski definition) is 1. The summed E-state index contributed by atoms with van der Waals surface area (Å²) in [6.45, 7) is 6.37. The zero-order chi connectivity index (χ0) is 14.8. The highest BCUT2D eigenvalue weighted by Crippen LogP contribution is 2.58. The Kier molecular flexibility index (Phi) is 4.95. The number of unbranched alkanes of at least 4 members (excludes halogenated alkanes) is 3. The van der Waals surface area contributed by atoms with E-state index in [1.54, 1.807) is 11.8 Å². The van der Waals surface area contributed by atoms with E-state index in [1.807, 2.05) is 0 Å². The number of rotatable bonds is 8. The first-order chi connectivity index (χ1) is 9.63. The van der Waals surface area contributed by atoms with Crippen LogP contribution in [0.1, 0.15) is 59.3 Å². The van der Waals surface area contributed by atoms with Crippen molar-refractivity contribution in [2.75, 3.05) is 5.75 Å². The molecule has 4 heteroatoms. The quantitative estimate of drug-likeness (QED) is 0.424. The number of carbonyl (C=O) groups excluding carboxylic acids is 2. The van der Waals surface area contributed by atoms with Gasteiger partial charge in [-0.1, -0.05) is 45.6 Å². The topological polar surface area (TPSA) is 46.2 Å². The lowest BCUT2D eigenvalue weighted by Crippen LogP contribution is -2.50. The van der Waals surface area contributed by atoms with Crippen LogP contribution in [0.3, 0.4) is 0 Å². The minimum absolute atomic E-state index is 0.0676. The Morgan fingerprint density at radius 3 is 2.45 bits per heavy atom. The van der Waals surface area contributed by atoms with Gasteiger partial charge in [-0.15, -0.1) is 11.8 Å². The summed E-state index contributed by atoms with van der Waals surface area (Å²) in [7, 11) is 0. The molecule has 0 radical (unpaired) electrons. The van der Waals surface area contributed by atoms with Crippen LogP contribution in [0.5, 0.6) is 0 Å². The molecule has 1 fully saturated rings. The van der Waals surface area contributed by atoms with Crippen molar-refractivity contribution < 1.29 is 9.59 Å². The molecule has 2 rings (SSSR count). The maximum Gasteiger partial charge on any atom is 0.248 e. The molecule has 0 aromatic rings. The van der Waals surface area contributed by atoms with Crippen LogP contribution < -0.4 is 5.32 Å². The summed E-state index contributed by atoms with van der Waals surface area (Å²) in [4.78, 5) is 24.4. The lowest BCUT2D eigenvalue weighted by Gasteiger charge is -2.45. The molecule has 1 aliphatic heterocycles. The van der Waals surface area contributed by atoms with E-state index in [4.69, 9.17) is 0 Å². The third-order valence-corrected chi connectivity index (χ3v) is 6.10. The second-order valence-electron chi connectivity index (χ2n) is 5.61. The van der Waals surface area contributed by atoms with Crippen molar-refractivity contribution in [1.82, 2.24) is 5.32 Å². The summed E-state index contributed by atoms with van der Waals surface area (Å²) >= 11 is 1.70. The molecule has 112 valence electrons. The molecule has 1 aliphatic carbocycles. The van der Waals surface area contributed by atoms with E-state index in [0.29, 0.717) is 0 Å². The number of fused-ring (bicyclic) bond motifs is 1. The van der Waals surface area contributed by atoms with Gasteiger partial charge in [0.1, 0.15) is 4.75 Å². The first kappa shape index (κ1) is 15.6. The molecule has 0 unspecified atom stereocenters. The molecule has 0 saturated carbocycles. The molecule has 2 amide bonds. The van der Waals surface area contributed by atoms with Crippen LogP contribution in [0.4, 0.5) is 0 Å². The molecule has 2 aliphatic rings. The smallest absolute Gasteiger partial charge is 0.248 e. The fraction of sp³-hybridized carbons (Fsp3) is 0.750. The van der Waals surface area contributed by atoms with Crippen molar-refractivity contribution in [1.29, 1.82) is 0 Å². The molecule has 0 bridgehead atoms. The van der Waals surface area contributed by atoms with E-state index in [1.165, 1.54) is 30.4 Å². The van der Waals surface area contributed by atoms with Crippen molar-refractivity contribution in [3.05, 3.63) is 11.1 Å². The molecule has 20 heavy (non-hydrogen) atoms. The number of imide groups is 1. The average molecular weight is 295 g/mol. The lowest BCUT2D eigenvalue weighted by molar-refractivity contribution is -0.125. The van der Waals surface area contributed by atoms with Crippen LogP contribution in [-0.4, -0.2) is 22.3 Å². The zero-order valence-electron chi connectivity index (χ0n) is 12.8. The van der Waals surface area contributed by atoms with Gasteiger partial charge in [0, 0.05) is 0 Å². The predicted octanol–water partition coefficient (Wildman–Crippen LogP) is 3.44. The van der Waals surface area contributed by atoms with E-state index in [9.17, 15) is 9.59 Å². The van der Waals surface area contributed by atoms with Crippen LogP contribution in [0.25, 0.3) is 0 Å². The maximum atomic E-state index is 12.3. The van der Waals surface area contributed by atoms with Crippen LogP contribution in [0.15, 0.2) is 11.1 Å².